The SMILES string of the molecule is Cc1ccc(S(=O)(=O)N2CCOC(=O)C2Cc2ccccc2)cc1. The van der Waals surface area contributed by atoms with Gasteiger partial charge in [0.25, 0.3) is 0 Å². The largest absolute Gasteiger partial charge is 0.463 e. The minimum absolute atomic E-state index is 0.0786. The third-order valence-corrected chi connectivity index (χ3v) is 6.00. The van der Waals surface area contributed by atoms with Crippen LogP contribution in [0.2, 0.25) is 0 Å². The number of sulfonamides is 1. The van der Waals surface area contributed by atoms with Gasteiger partial charge in [0.2, 0.25) is 10.0 Å². The zero-order valence-electron chi connectivity index (χ0n) is 13.4. The third-order valence-electron chi connectivity index (χ3n) is 4.08. The van der Waals surface area contributed by atoms with Crippen molar-refractivity contribution in [3.05, 3.63) is 65.7 Å². The van der Waals surface area contributed by atoms with Crippen molar-refractivity contribution in [2.45, 2.75) is 24.3 Å². The fraction of sp³-hybridized carbons (Fsp3) is 0.278. The van der Waals surface area contributed by atoms with Gasteiger partial charge in [-0.05, 0) is 31.0 Å². The Bertz CT molecular complexity index is 816. The Balaban J connectivity index is 1.93. The summed E-state index contributed by atoms with van der Waals surface area (Å²) in [7, 11) is -3.75. The molecule has 1 saturated heterocycles. The first-order chi connectivity index (χ1) is 11.5. The van der Waals surface area contributed by atoms with E-state index in [4.69, 9.17) is 4.74 Å². The van der Waals surface area contributed by atoms with E-state index >= 15 is 0 Å². The predicted octanol–water partition coefficient (Wildman–Crippen LogP) is 2.15. The van der Waals surface area contributed by atoms with Gasteiger partial charge in [-0.15, -0.1) is 0 Å². The summed E-state index contributed by atoms with van der Waals surface area (Å²) in [6.45, 7) is 2.14. The molecule has 0 saturated carbocycles. The third kappa shape index (κ3) is 3.34. The second-order valence-corrected chi connectivity index (χ2v) is 7.69. The van der Waals surface area contributed by atoms with Crippen molar-refractivity contribution in [1.29, 1.82) is 0 Å². The Morgan fingerprint density at radius 1 is 1.08 bits per heavy atom. The summed E-state index contributed by atoms with van der Waals surface area (Å²) in [6, 6.07) is 15.2. The van der Waals surface area contributed by atoms with Crippen molar-refractivity contribution in [1.82, 2.24) is 4.31 Å². The molecular formula is C18H19NO4S. The summed E-state index contributed by atoms with van der Waals surface area (Å²) < 4.78 is 32.3. The molecule has 24 heavy (non-hydrogen) atoms. The van der Waals surface area contributed by atoms with Crippen molar-refractivity contribution in [2.75, 3.05) is 13.2 Å². The van der Waals surface area contributed by atoms with Gasteiger partial charge in [-0.1, -0.05) is 48.0 Å². The van der Waals surface area contributed by atoms with Crippen LogP contribution in [0.1, 0.15) is 11.1 Å². The lowest BCUT2D eigenvalue weighted by atomic mass is 10.1. The minimum Gasteiger partial charge on any atom is -0.463 e. The van der Waals surface area contributed by atoms with Crippen molar-refractivity contribution < 1.29 is 17.9 Å². The molecule has 5 nitrogen and oxygen atoms in total. The molecule has 126 valence electrons. The van der Waals surface area contributed by atoms with Crippen molar-refractivity contribution in [3.63, 3.8) is 0 Å². The topological polar surface area (TPSA) is 63.7 Å². The maximum absolute atomic E-state index is 13.0. The average Bonchev–Trinajstić information content (AvgIpc) is 2.58. The molecule has 0 radical (unpaired) electrons. The van der Waals surface area contributed by atoms with Gasteiger partial charge in [-0.3, -0.25) is 4.79 Å². The molecule has 0 N–H and O–H groups in total. The average molecular weight is 345 g/mol. The number of cyclic esters (lactones) is 1. The van der Waals surface area contributed by atoms with Crippen LogP contribution in [0.15, 0.2) is 59.5 Å². The number of aryl methyl sites for hydroxylation is 1. The van der Waals surface area contributed by atoms with Gasteiger partial charge in [0.15, 0.2) is 0 Å². The van der Waals surface area contributed by atoms with Gasteiger partial charge in [-0.25, -0.2) is 8.42 Å². The number of benzene rings is 2. The summed E-state index contributed by atoms with van der Waals surface area (Å²) in [6.07, 6.45) is 0.296. The maximum Gasteiger partial charge on any atom is 0.324 e. The van der Waals surface area contributed by atoms with Crippen molar-refractivity contribution >= 4 is 16.0 Å². The van der Waals surface area contributed by atoms with E-state index in [0.29, 0.717) is 6.42 Å². The molecule has 0 aromatic heterocycles. The van der Waals surface area contributed by atoms with Gasteiger partial charge in [0.1, 0.15) is 12.6 Å². The number of ether oxygens (including phenoxy) is 1. The Labute approximate surface area is 141 Å². The monoisotopic (exact) mass is 345 g/mol. The fourth-order valence-electron chi connectivity index (χ4n) is 2.76. The van der Waals surface area contributed by atoms with Crippen molar-refractivity contribution in [2.24, 2.45) is 0 Å². The van der Waals surface area contributed by atoms with Crippen LogP contribution in [0.3, 0.4) is 0 Å². The number of carbonyl (C=O) groups excluding carboxylic acids is 1. The highest BCUT2D eigenvalue weighted by molar-refractivity contribution is 7.89. The number of nitrogens with zero attached hydrogens (tertiary/aromatic N) is 1. The van der Waals surface area contributed by atoms with Crippen LogP contribution in [0.25, 0.3) is 0 Å². The van der Waals surface area contributed by atoms with Crippen LogP contribution < -0.4 is 0 Å². The number of morpholine rings is 1. The summed E-state index contributed by atoms with van der Waals surface area (Å²) in [5.41, 5.74) is 1.87. The molecule has 1 aliphatic heterocycles. The molecule has 0 aliphatic carbocycles. The second kappa shape index (κ2) is 6.75. The predicted molar refractivity (Wildman–Crippen MR) is 90.0 cm³/mol. The number of carbonyl (C=O) groups is 1. The Morgan fingerprint density at radius 2 is 1.75 bits per heavy atom. The molecule has 1 fully saturated rings. The molecule has 1 atom stereocenters. The highest BCUT2D eigenvalue weighted by Gasteiger charge is 2.39. The van der Waals surface area contributed by atoms with E-state index < -0.39 is 22.0 Å². The number of rotatable bonds is 4. The molecule has 6 heteroatoms. The zero-order valence-corrected chi connectivity index (χ0v) is 14.2. The Hall–Kier alpha value is -2.18. The Morgan fingerprint density at radius 3 is 2.42 bits per heavy atom. The van der Waals surface area contributed by atoms with Crippen molar-refractivity contribution in [3.8, 4) is 0 Å². The van der Waals surface area contributed by atoms with Crippen LogP contribution in [0, 0.1) is 6.92 Å². The standard InChI is InChI=1S/C18H19NO4S/c1-14-7-9-16(10-8-14)24(21,22)19-11-12-23-18(20)17(19)13-15-5-3-2-4-6-15/h2-10,17H,11-13H2,1H3. The molecule has 2 aromatic carbocycles. The number of hydrogen-bond donors (Lipinski definition) is 0. The van der Waals surface area contributed by atoms with Gasteiger partial charge >= 0.3 is 5.97 Å². The summed E-state index contributed by atoms with van der Waals surface area (Å²) in [5, 5.41) is 0. The fourth-order valence-corrected chi connectivity index (χ4v) is 4.32. The molecule has 0 spiro atoms. The van der Waals surface area contributed by atoms with Gasteiger partial charge < -0.3 is 4.74 Å². The van der Waals surface area contributed by atoms with Crippen LogP contribution >= 0.6 is 0 Å². The molecule has 2 aromatic rings. The minimum atomic E-state index is -3.75. The summed E-state index contributed by atoms with van der Waals surface area (Å²) in [4.78, 5) is 12.4. The normalized spacial score (nSPS) is 19.0. The second-order valence-electron chi connectivity index (χ2n) is 5.80. The number of hydrogen-bond acceptors (Lipinski definition) is 4. The van der Waals surface area contributed by atoms with Crippen LogP contribution in [-0.4, -0.2) is 37.9 Å². The molecule has 1 heterocycles. The highest BCUT2D eigenvalue weighted by Crippen LogP contribution is 2.23. The van der Waals surface area contributed by atoms with Gasteiger partial charge in [-0.2, -0.15) is 4.31 Å². The van der Waals surface area contributed by atoms with Gasteiger partial charge in [0.05, 0.1) is 4.90 Å². The lowest BCUT2D eigenvalue weighted by Gasteiger charge is -2.33. The van der Waals surface area contributed by atoms with E-state index in [1.165, 1.54) is 4.31 Å². The first-order valence-electron chi connectivity index (χ1n) is 7.77. The van der Waals surface area contributed by atoms with E-state index in [2.05, 4.69) is 0 Å². The van der Waals surface area contributed by atoms with Gasteiger partial charge in [0, 0.05) is 6.54 Å². The van der Waals surface area contributed by atoms with E-state index in [1.54, 1.807) is 24.3 Å². The maximum atomic E-state index is 13.0. The molecule has 0 amide bonds. The first kappa shape index (κ1) is 16.7. The summed E-state index contributed by atoms with van der Waals surface area (Å²) >= 11 is 0. The molecule has 0 bridgehead atoms. The summed E-state index contributed by atoms with van der Waals surface area (Å²) in [5.74, 6) is -0.499. The highest BCUT2D eigenvalue weighted by atomic mass is 32.2. The molecular weight excluding hydrogens is 326 g/mol. The smallest absolute Gasteiger partial charge is 0.324 e. The van der Waals surface area contributed by atoms with E-state index in [1.807, 2.05) is 37.3 Å². The zero-order chi connectivity index (χ0) is 17.2. The van der Waals surface area contributed by atoms with E-state index in [-0.39, 0.29) is 18.0 Å². The quantitative estimate of drug-likeness (QED) is 0.797. The first-order valence-corrected chi connectivity index (χ1v) is 9.21. The molecule has 1 aliphatic rings. The van der Waals surface area contributed by atoms with Crippen LogP contribution in [0.5, 0.6) is 0 Å². The Kier molecular flexibility index (Phi) is 4.69. The molecule has 1 unspecified atom stereocenters. The van der Waals surface area contributed by atoms with E-state index in [9.17, 15) is 13.2 Å². The van der Waals surface area contributed by atoms with Crippen LogP contribution in [-0.2, 0) is 26.0 Å². The lowest BCUT2D eigenvalue weighted by molar-refractivity contribution is -0.153. The lowest BCUT2D eigenvalue weighted by Crippen LogP contribution is -2.52. The molecule has 3 rings (SSSR count). The number of esters is 1. The van der Waals surface area contributed by atoms with Crippen LogP contribution in [0.4, 0.5) is 0 Å². The van der Waals surface area contributed by atoms with E-state index in [0.717, 1.165) is 11.1 Å².